The van der Waals surface area contributed by atoms with Crippen molar-refractivity contribution in [1.82, 2.24) is 9.19 Å². The lowest BCUT2D eigenvalue weighted by molar-refractivity contribution is 0.0375. The number of aromatic nitrogens is 2. The van der Waals surface area contributed by atoms with Crippen molar-refractivity contribution in [3.8, 4) is 5.88 Å². The van der Waals surface area contributed by atoms with E-state index in [0.717, 1.165) is 16.7 Å². The molecule has 23 heavy (non-hydrogen) atoms. The number of carbonyl (C=O) groups excluding carboxylic acids is 1. The zero-order valence-corrected chi connectivity index (χ0v) is 14.3. The summed E-state index contributed by atoms with van der Waals surface area (Å²) in [6, 6.07) is 7.15. The fourth-order valence-electron chi connectivity index (χ4n) is 2.13. The van der Waals surface area contributed by atoms with Crippen LogP contribution in [0.25, 0.3) is 5.57 Å². The Morgan fingerprint density at radius 2 is 2.04 bits per heavy atom. The molecule has 1 aromatic carbocycles. The highest BCUT2D eigenvalue weighted by Crippen LogP contribution is 2.24. The molecule has 0 unspecified atom stereocenters. The van der Waals surface area contributed by atoms with Gasteiger partial charge < -0.3 is 9.47 Å². The lowest BCUT2D eigenvalue weighted by atomic mass is 9.97. The molecule has 0 amide bonds. The SMILES string of the molecule is C=C(C)c1cccc(C(=O)OC(C)C)c1COc1ccn(S)n1. The minimum atomic E-state index is -0.374. The molecule has 0 aliphatic carbocycles. The third kappa shape index (κ3) is 4.39. The summed E-state index contributed by atoms with van der Waals surface area (Å²) in [5.41, 5.74) is 2.93. The lowest BCUT2D eigenvalue weighted by Crippen LogP contribution is -2.15. The molecule has 1 heterocycles. The second-order valence-electron chi connectivity index (χ2n) is 5.43. The number of hydrogen-bond donors (Lipinski definition) is 1. The van der Waals surface area contributed by atoms with Crippen LogP contribution in [0.2, 0.25) is 0 Å². The Morgan fingerprint density at radius 1 is 1.35 bits per heavy atom. The van der Waals surface area contributed by atoms with Gasteiger partial charge in [-0.15, -0.1) is 5.10 Å². The fraction of sp³-hybridized carbons (Fsp3) is 0.294. The topological polar surface area (TPSA) is 53.4 Å². The Balaban J connectivity index is 2.32. The molecule has 0 aliphatic rings. The Hall–Kier alpha value is -2.21. The van der Waals surface area contributed by atoms with Crippen molar-refractivity contribution in [2.45, 2.75) is 33.5 Å². The number of ether oxygens (including phenoxy) is 2. The zero-order valence-electron chi connectivity index (χ0n) is 13.4. The molecule has 0 radical (unpaired) electrons. The van der Waals surface area contributed by atoms with Crippen LogP contribution in [0.4, 0.5) is 0 Å². The van der Waals surface area contributed by atoms with E-state index in [1.54, 1.807) is 18.3 Å². The summed E-state index contributed by atoms with van der Waals surface area (Å²) in [4.78, 5) is 12.3. The van der Waals surface area contributed by atoms with E-state index in [0.29, 0.717) is 11.4 Å². The van der Waals surface area contributed by atoms with Crippen molar-refractivity contribution in [1.29, 1.82) is 0 Å². The number of hydrogen-bond acceptors (Lipinski definition) is 5. The first-order valence-electron chi connectivity index (χ1n) is 7.25. The normalized spacial score (nSPS) is 10.7. The summed E-state index contributed by atoms with van der Waals surface area (Å²) in [7, 11) is 0. The van der Waals surface area contributed by atoms with Gasteiger partial charge >= 0.3 is 5.97 Å². The van der Waals surface area contributed by atoms with Gasteiger partial charge in [-0.1, -0.05) is 24.3 Å². The second kappa shape index (κ2) is 7.37. The summed E-state index contributed by atoms with van der Waals surface area (Å²) >= 11 is 4.07. The largest absolute Gasteiger partial charge is 0.472 e. The van der Waals surface area contributed by atoms with Crippen LogP contribution in [0.1, 0.15) is 42.3 Å². The highest BCUT2D eigenvalue weighted by molar-refractivity contribution is 7.78. The van der Waals surface area contributed by atoms with E-state index < -0.39 is 0 Å². The number of nitrogens with zero attached hydrogens (tertiary/aromatic N) is 2. The molecular formula is C17H20N2O3S. The summed E-state index contributed by atoms with van der Waals surface area (Å²) in [5, 5.41) is 4.04. The van der Waals surface area contributed by atoms with Crippen molar-refractivity contribution in [3.63, 3.8) is 0 Å². The van der Waals surface area contributed by atoms with Crippen LogP contribution in [0.3, 0.4) is 0 Å². The standard InChI is InChI=1S/C17H20N2O3S/c1-11(2)13-6-5-7-14(17(20)22-12(3)4)15(13)10-21-16-8-9-19(23)18-16/h5-9,12,23H,1,10H2,2-4H3. The number of thiol groups is 1. The van der Waals surface area contributed by atoms with E-state index in [1.165, 1.54) is 4.09 Å². The number of rotatable bonds is 6. The smallest absolute Gasteiger partial charge is 0.338 e. The lowest BCUT2D eigenvalue weighted by Gasteiger charge is -2.15. The van der Waals surface area contributed by atoms with Crippen molar-refractivity contribution in [2.24, 2.45) is 0 Å². The second-order valence-corrected chi connectivity index (χ2v) is 5.84. The van der Waals surface area contributed by atoms with Crippen molar-refractivity contribution in [2.75, 3.05) is 0 Å². The number of benzene rings is 1. The summed E-state index contributed by atoms with van der Waals surface area (Å²) in [6.45, 7) is 9.68. The molecule has 0 aliphatic heterocycles. The highest BCUT2D eigenvalue weighted by Gasteiger charge is 2.18. The number of carbonyl (C=O) groups is 1. The van der Waals surface area contributed by atoms with Gasteiger partial charge in [0.1, 0.15) is 6.61 Å². The molecule has 5 nitrogen and oxygen atoms in total. The van der Waals surface area contributed by atoms with Crippen LogP contribution < -0.4 is 4.74 Å². The predicted molar refractivity (Wildman–Crippen MR) is 92.6 cm³/mol. The highest BCUT2D eigenvalue weighted by atomic mass is 32.1. The van der Waals surface area contributed by atoms with E-state index in [1.807, 2.05) is 32.9 Å². The Morgan fingerprint density at radius 3 is 2.61 bits per heavy atom. The van der Waals surface area contributed by atoms with E-state index >= 15 is 0 Å². The number of esters is 1. The van der Waals surface area contributed by atoms with Gasteiger partial charge in [0, 0.05) is 17.8 Å². The Bertz CT molecular complexity index is 722. The molecule has 0 bridgehead atoms. The van der Waals surface area contributed by atoms with Crippen LogP contribution in [-0.2, 0) is 11.3 Å². The first-order valence-corrected chi connectivity index (χ1v) is 7.65. The molecule has 1 aromatic heterocycles. The van der Waals surface area contributed by atoms with E-state index in [9.17, 15) is 4.79 Å². The van der Waals surface area contributed by atoms with Crippen LogP contribution in [-0.4, -0.2) is 21.3 Å². The van der Waals surface area contributed by atoms with Crippen LogP contribution >= 0.6 is 12.8 Å². The molecular weight excluding hydrogens is 312 g/mol. The maximum atomic E-state index is 12.3. The molecule has 0 N–H and O–H groups in total. The molecule has 0 saturated heterocycles. The monoisotopic (exact) mass is 332 g/mol. The molecule has 0 saturated carbocycles. The minimum Gasteiger partial charge on any atom is -0.472 e. The van der Waals surface area contributed by atoms with Crippen LogP contribution in [0.15, 0.2) is 37.0 Å². The summed E-state index contributed by atoms with van der Waals surface area (Å²) < 4.78 is 12.3. The first kappa shape index (κ1) is 17.1. The van der Waals surface area contributed by atoms with Gasteiger partial charge in [0.15, 0.2) is 0 Å². The molecule has 6 heteroatoms. The first-order chi connectivity index (χ1) is 10.9. The van der Waals surface area contributed by atoms with Crippen LogP contribution in [0.5, 0.6) is 5.88 Å². The van der Waals surface area contributed by atoms with Gasteiger partial charge in [-0.25, -0.2) is 8.88 Å². The fourth-order valence-corrected chi connectivity index (χ4v) is 2.29. The maximum Gasteiger partial charge on any atom is 0.338 e. The van der Waals surface area contributed by atoms with Gasteiger partial charge in [-0.05, 0) is 45.2 Å². The third-order valence-electron chi connectivity index (χ3n) is 3.11. The third-order valence-corrected chi connectivity index (χ3v) is 3.34. The van der Waals surface area contributed by atoms with E-state index in [4.69, 9.17) is 9.47 Å². The van der Waals surface area contributed by atoms with Gasteiger partial charge in [-0.3, -0.25) is 0 Å². The van der Waals surface area contributed by atoms with Crippen molar-refractivity contribution in [3.05, 3.63) is 53.7 Å². The molecule has 122 valence electrons. The van der Waals surface area contributed by atoms with Crippen molar-refractivity contribution < 1.29 is 14.3 Å². The molecule has 0 fully saturated rings. The number of allylic oxidation sites excluding steroid dienone is 1. The van der Waals surface area contributed by atoms with Crippen LogP contribution in [0, 0.1) is 0 Å². The summed E-state index contributed by atoms with van der Waals surface area (Å²) in [6.07, 6.45) is 1.47. The van der Waals surface area contributed by atoms with E-state index in [-0.39, 0.29) is 18.7 Å². The average Bonchev–Trinajstić information content (AvgIpc) is 2.89. The Labute approximate surface area is 141 Å². The molecule has 0 atom stereocenters. The molecule has 0 spiro atoms. The van der Waals surface area contributed by atoms with E-state index in [2.05, 4.69) is 24.5 Å². The Kier molecular flexibility index (Phi) is 5.50. The minimum absolute atomic E-state index is 0.190. The molecule has 2 aromatic rings. The van der Waals surface area contributed by atoms with Gasteiger partial charge in [0.05, 0.1) is 11.7 Å². The van der Waals surface area contributed by atoms with Crippen molar-refractivity contribution >= 4 is 24.4 Å². The quantitative estimate of drug-likeness (QED) is 0.646. The molecule has 2 rings (SSSR count). The van der Waals surface area contributed by atoms with Gasteiger partial charge in [0.2, 0.25) is 5.88 Å². The maximum absolute atomic E-state index is 12.3. The summed E-state index contributed by atoms with van der Waals surface area (Å²) in [5.74, 6) is 0.0566. The predicted octanol–water partition coefficient (Wildman–Crippen LogP) is 3.75. The van der Waals surface area contributed by atoms with Gasteiger partial charge in [-0.2, -0.15) is 0 Å². The van der Waals surface area contributed by atoms with Gasteiger partial charge in [0.25, 0.3) is 0 Å². The average molecular weight is 332 g/mol. The zero-order chi connectivity index (χ0) is 17.0.